The number of unbranched alkanes of at least 4 members (excludes halogenated alkanes) is 1. The first kappa shape index (κ1) is 24.0. The summed E-state index contributed by atoms with van der Waals surface area (Å²) in [5.41, 5.74) is 0.672. The van der Waals surface area contributed by atoms with Gasteiger partial charge in [0.05, 0.1) is 17.7 Å². The van der Waals surface area contributed by atoms with Gasteiger partial charge in [-0.05, 0) is 42.9 Å². The quantitative estimate of drug-likeness (QED) is 0.298. The normalized spacial score (nSPS) is 10.2. The molecule has 31 heavy (non-hydrogen) atoms. The summed E-state index contributed by atoms with van der Waals surface area (Å²) in [4.78, 5) is 34.6. The number of carbonyl (C=O) groups is 2. The number of nitrogens with zero attached hydrogens (tertiary/aromatic N) is 1. The molecule has 0 saturated heterocycles. The van der Waals surface area contributed by atoms with Crippen LogP contribution in [0.15, 0.2) is 36.4 Å². The number of carbonyl (C=O) groups excluding carboxylic acids is 2. The highest BCUT2D eigenvalue weighted by Crippen LogP contribution is 2.28. The predicted octanol–water partition coefficient (Wildman–Crippen LogP) is 4.51. The number of hydrogen-bond acceptors (Lipinski definition) is 6. The Kier molecular flexibility index (Phi) is 8.71. The molecule has 3 N–H and O–H groups in total. The third-order valence-corrected chi connectivity index (χ3v) is 4.65. The minimum atomic E-state index is -0.676. The number of nitrogens with one attached hydrogen (secondary N) is 3. The number of hydrogen-bond donors (Lipinski definition) is 3. The summed E-state index contributed by atoms with van der Waals surface area (Å²) in [5.74, 6) is -0.331. The molecule has 0 unspecified atom stereocenters. The molecule has 2 amide bonds. The highest BCUT2D eigenvalue weighted by atomic mass is 35.5. The fourth-order valence-corrected chi connectivity index (χ4v) is 2.95. The summed E-state index contributed by atoms with van der Waals surface area (Å²) < 4.78 is 5.31. The molecule has 0 radical (unpaired) electrons. The van der Waals surface area contributed by atoms with Crippen LogP contribution in [0.1, 0.15) is 36.5 Å². The SMILES string of the molecule is CCCCC(=O)Nc1ccc(NC(=S)NC(=O)c2ccc(Cl)c([N+](=O)[O-])c2)cc1OC. The van der Waals surface area contributed by atoms with Gasteiger partial charge >= 0.3 is 0 Å². The van der Waals surface area contributed by atoms with Gasteiger partial charge in [-0.2, -0.15) is 0 Å². The number of thiocarbonyl (C=S) groups is 1. The number of nitro groups is 1. The fourth-order valence-electron chi connectivity index (χ4n) is 2.55. The zero-order chi connectivity index (χ0) is 23.0. The molecular formula is C20H21ClN4O5S. The Morgan fingerprint density at radius 2 is 1.94 bits per heavy atom. The van der Waals surface area contributed by atoms with Gasteiger partial charge in [-0.3, -0.25) is 25.0 Å². The highest BCUT2D eigenvalue weighted by Gasteiger charge is 2.17. The smallest absolute Gasteiger partial charge is 0.288 e. The standard InChI is InChI=1S/C20H21ClN4O5S/c1-3-4-5-18(26)23-15-9-7-13(11-17(15)30-2)22-20(31)24-19(27)12-6-8-14(21)16(10-12)25(28)29/h6-11H,3-5H2,1-2H3,(H,23,26)(H2,22,24,27,31). The third kappa shape index (κ3) is 6.90. The number of rotatable bonds is 8. The lowest BCUT2D eigenvalue weighted by Crippen LogP contribution is -2.34. The van der Waals surface area contributed by atoms with E-state index in [1.54, 1.807) is 18.2 Å². The van der Waals surface area contributed by atoms with Crippen LogP contribution in [0.2, 0.25) is 5.02 Å². The van der Waals surface area contributed by atoms with E-state index in [2.05, 4.69) is 16.0 Å². The second kappa shape index (κ2) is 11.2. The number of methoxy groups -OCH3 is 1. The van der Waals surface area contributed by atoms with E-state index in [0.29, 0.717) is 23.5 Å². The van der Waals surface area contributed by atoms with Crippen LogP contribution < -0.4 is 20.7 Å². The number of benzene rings is 2. The van der Waals surface area contributed by atoms with Crippen LogP contribution in [0, 0.1) is 10.1 Å². The van der Waals surface area contributed by atoms with Crippen molar-refractivity contribution in [2.24, 2.45) is 0 Å². The molecule has 2 rings (SSSR count). The van der Waals surface area contributed by atoms with E-state index in [9.17, 15) is 19.7 Å². The van der Waals surface area contributed by atoms with Gasteiger partial charge in [-0.25, -0.2) is 0 Å². The molecular weight excluding hydrogens is 444 g/mol. The minimum absolute atomic E-state index is 0.0237. The van der Waals surface area contributed by atoms with Crippen LogP contribution in [-0.2, 0) is 4.79 Å². The first-order chi connectivity index (χ1) is 14.7. The Balaban J connectivity index is 2.05. The largest absolute Gasteiger partial charge is 0.494 e. The average molecular weight is 465 g/mol. The Morgan fingerprint density at radius 1 is 1.19 bits per heavy atom. The monoisotopic (exact) mass is 464 g/mol. The van der Waals surface area contributed by atoms with Gasteiger partial charge < -0.3 is 15.4 Å². The van der Waals surface area contributed by atoms with Crippen molar-refractivity contribution in [3.8, 4) is 5.75 Å². The molecule has 0 heterocycles. The van der Waals surface area contributed by atoms with E-state index in [1.165, 1.54) is 19.2 Å². The van der Waals surface area contributed by atoms with Crippen LogP contribution >= 0.6 is 23.8 Å². The lowest BCUT2D eigenvalue weighted by molar-refractivity contribution is -0.384. The lowest BCUT2D eigenvalue weighted by Gasteiger charge is -2.14. The molecule has 0 aromatic heterocycles. The van der Waals surface area contributed by atoms with Crippen LogP contribution in [0.5, 0.6) is 5.75 Å². The second-order valence-electron chi connectivity index (χ2n) is 6.40. The molecule has 164 valence electrons. The Labute approximate surface area is 189 Å². The third-order valence-electron chi connectivity index (χ3n) is 4.12. The van der Waals surface area contributed by atoms with E-state index < -0.39 is 10.8 Å². The molecule has 0 bridgehead atoms. The zero-order valence-electron chi connectivity index (χ0n) is 16.9. The Morgan fingerprint density at radius 3 is 2.58 bits per heavy atom. The van der Waals surface area contributed by atoms with Crippen molar-refractivity contribution in [1.82, 2.24) is 5.32 Å². The van der Waals surface area contributed by atoms with Crippen molar-refractivity contribution in [3.63, 3.8) is 0 Å². The molecule has 11 heteroatoms. The number of amides is 2. The van der Waals surface area contributed by atoms with Gasteiger partial charge in [0.15, 0.2) is 5.11 Å². The number of halogens is 1. The van der Waals surface area contributed by atoms with Crippen LogP contribution in [0.25, 0.3) is 0 Å². The first-order valence-electron chi connectivity index (χ1n) is 9.29. The van der Waals surface area contributed by atoms with Gasteiger partial charge in [0, 0.05) is 29.8 Å². The van der Waals surface area contributed by atoms with E-state index in [1.807, 2.05) is 6.92 Å². The fraction of sp³-hybridized carbons (Fsp3) is 0.250. The molecule has 0 spiro atoms. The number of anilines is 2. The first-order valence-corrected chi connectivity index (χ1v) is 10.1. The molecule has 2 aromatic rings. The van der Waals surface area contributed by atoms with Crippen molar-refractivity contribution >= 4 is 57.8 Å². The summed E-state index contributed by atoms with van der Waals surface area (Å²) in [6.07, 6.45) is 2.12. The van der Waals surface area contributed by atoms with Gasteiger partial charge in [-0.15, -0.1) is 0 Å². The van der Waals surface area contributed by atoms with Gasteiger partial charge in [-0.1, -0.05) is 24.9 Å². The Bertz CT molecular complexity index is 1020. The van der Waals surface area contributed by atoms with Crippen molar-refractivity contribution in [1.29, 1.82) is 0 Å². The maximum Gasteiger partial charge on any atom is 0.288 e. The van der Waals surface area contributed by atoms with Crippen molar-refractivity contribution in [2.45, 2.75) is 26.2 Å². The van der Waals surface area contributed by atoms with Crippen LogP contribution in [0.3, 0.4) is 0 Å². The van der Waals surface area contributed by atoms with Crippen molar-refractivity contribution in [3.05, 3.63) is 57.1 Å². The van der Waals surface area contributed by atoms with Crippen molar-refractivity contribution in [2.75, 3.05) is 17.7 Å². The molecule has 0 saturated carbocycles. The Hall–Kier alpha value is -3.24. The zero-order valence-corrected chi connectivity index (χ0v) is 18.4. The second-order valence-corrected chi connectivity index (χ2v) is 7.21. The molecule has 0 aliphatic heterocycles. The van der Waals surface area contributed by atoms with Gasteiger partial charge in [0.25, 0.3) is 11.6 Å². The molecule has 0 aliphatic rings. The van der Waals surface area contributed by atoms with Crippen molar-refractivity contribution < 1.29 is 19.2 Å². The van der Waals surface area contributed by atoms with E-state index in [4.69, 9.17) is 28.6 Å². The minimum Gasteiger partial charge on any atom is -0.494 e. The van der Waals surface area contributed by atoms with E-state index in [0.717, 1.165) is 18.9 Å². The summed E-state index contributed by atoms with van der Waals surface area (Å²) in [7, 11) is 1.47. The molecule has 0 fully saturated rings. The molecule has 0 aliphatic carbocycles. The summed E-state index contributed by atoms with van der Waals surface area (Å²) in [6, 6.07) is 8.61. The van der Waals surface area contributed by atoms with Crippen LogP contribution in [-0.4, -0.2) is 29.0 Å². The maximum absolute atomic E-state index is 12.3. The average Bonchev–Trinajstić information content (AvgIpc) is 2.73. The summed E-state index contributed by atoms with van der Waals surface area (Å²) in [6.45, 7) is 2.00. The summed E-state index contributed by atoms with van der Waals surface area (Å²) in [5, 5.41) is 18.9. The number of nitro benzene ring substituents is 1. The van der Waals surface area contributed by atoms with Gasteiger partial charge in [0.1, 0.15) is 10.8 Å². The van der Waals surface area contributed by atoms with E-state index >= 15 is 0 Å². The van der Waals surface area contributed by atoms with Gasteiger partial charge in [0.2, 0.25) is 5.91 Å². The molecule has 9 nitrogen and oxygen atoms in total. The summed E-state index contributed by atoms with van der Waals surface area (Å²) >= 11 is 10.9. The molecule has 0 atom stereocenters. The molecule has 2 aromatic carbocycles. The van der Waals surface area contributed by atoms with Crippen LogP contribution in [0.4, 0.5) is 17.1 Å². The van der Waals surface area contributed by atoms with E-state index in [-0.39, 0.29) is 27.3 Å². The number of ether oxygens (including phenoxy) is 1. The topological polar surface area (TPSA) is 123 Å². The highest BCUT2D eigenvalue weighted by molar-refractivity contribution is 7.80. The lowest BCUT2D eigenvalue weighted by atomic mass is 10.2. The maximum atomic E-state index is 12.3. The predicted molar refractivity (Wildman–Crippen MR) is 123 cm³/mol.